The summed E-state index contributed by atoms with van der Waals surface area (Å²) in [6.07, 6.45) is 6.51. The summed E-state index contributed by atoms with van der Waals surface area (Å²) >= 11 is 0. The van der Waals surface area contributed by atoms with Gasteiger partial charge in [0.05, 0.1) is 0 Å². The molecule has 0 saturated carbocycles. The molecule has 0 spiro atoms. The first kappa shape index (κ1) is 14.3. The fraction of sp³-hybridized carbons (Fsp3) is 1.00. The van der Waals surface area contributed by atoms with Crippen molar-refractivity contribution in [3.8, 4) is 0 Å². The molecule has 0 aromatic heterocycles. The molecule has 0 radical (unpaired) electrons. The highest BCUT2D eigenvalue weighted by molar-refractivity contribution is 4.86. The van der Waals surface area contributed by atoms with Crippen molar-refractivity contribution in [1.82, 2.24) is 9.80 Å². The first-order valence-corrected chi connectivity index (χ1v) is 7.87. The predicted octanol–water partition coefficient (Wildman–Crippen LogP) is 1.92. The summed E-state index contributed by atoms with van der Waals surface area (Å²) in [4.78, 5) is 5.35. The molecule has 3 nitrogen and oxygen atoms in total. The molecule has 106 valence electrons. The summed E-state index contributed by atoms with van der Waals surface area (Å²) in [5.41, 5.74) is 5.98. The zero-order chi connectivity index (χ0) is 13.0. The molecule has 2 heterocycles. The number of likely N-dealkylation sites (tertiary alicyclic amines) is 2. The number of rotatable bonds is 5. The van der Waals surface area contributed by atoms with Gasteiger partial charge in [-0.2, -0.15) is 0 Å². The largest absolute Gasteiger partial charge is 0.328 e. The summed E-state index contributed by atoms with van der Waals surface area (Å²) in [6.45, 7) is 11.0. The van der Waals surface area contributed by atoms with E-state index in [0.717, 1.165) is 12.0 Å². The predicted molar refractivity (Wildman–Crippen MR) is 77.7 cm³/mol. The lowest BCUT2D eigenvalue weighted by atomic mass is 10.0. The zero-order valence-electron chi connectivity index (χ0n) is 12.3. The van der Waals surface area contributed by atoms with Crippen LogP contribution < -0.4 is 5.73 Å². The third-order valence-corrected chi connectivity index (χ3v) is 4.59. The van der Waals surface area contributed by atoms with Crippen molar-refractivity contribution < 1.29 is 0 Å². The van der Waals surface area contributed by atoms with E-state index in [1.165, 1.54) is 64.8 Å². The number of hydrogen-bond donors (Lipinski definition) is 1. The Hall–Kier alpha value is -0.120. The molecule has 18 heavy (non-hydrogen) atoms. The monoisotopic (exact) mass is 253 g/mol. The third kappa shape index (κ3) is 4.22. The topological polar surface area (TPSA) is 32.5 Å². The third-order valence-electron chi connectivity index (χ3n) is 4.59. The second kappa shape index (κ2) is 6.88. The van der Waals surface area contributed by atoms with E-state index in [4.69, 9.17) is 5.73 Å². The van der Waals surface area contributed by atoms with E-state index in [9.17, 15) is 0 Å². The van der Waals surface area contributed by atoms with Gasteiger partial charge in [-0.05, 0) is 64.2 Å². The average Bonchev–Trinajstić information content (AvgIpc) is 2.78. The van der Waals surface area contributed by atoms with Crippen LogP contribution in [-0.2, 0) is 0 Å². The van der Waals surface area contributed by atoms with E-state index in [2.05, 4.69) is 23.6 Å². The summed E-state index contributed by atoms with van der Waals surface area (Å²) in [6, 6.07) is 1.28. The highest BCUT2D eigenvalue weighted by Gasteiger charge is 2.29. The van der Waals surface area contributed by atoms with Crippen LogP contribution in [0.25, 0.3) is 0 Å². The average molecular weight is 253 g/mol. The molecule has 2 fully saturated rings. The van der Waals surface area contributed by atoms with Crippen molar-refractivity contribution >= 4 is 0 Å². The van der Waals surface area contributed by atoms with E-state index in [1.807, 2.05) is 0 Å². The van der Waals surface area contributed by atoms with Crippen LogP contribution in [0.1, 0.15) is 46.0 Å². The van der Waals surface area contributed by atoms with Crippen molar-refractivity contribution in [1.29, 1.82) is 0 Å². The van der Waals surface area contributed by atoms with E-state index in [0.29, 0.717) is 6.04 Å². The molecular formula is C15H31N3. The molecule has 1 atom stereocenters. The second-order valence-corrected chi connectivity index (χ2v) is 6.65. The molecule has 0 amide bonds. The van der Waals surface area contributed by atoms with E-state index in [-0.39, 0.29) is 0 Å². The molecular weight excluding hydrogens is 222 g/mol. The maximum atomic E-state index is 5.98. The Kier molecular flexibility index (Phi) is 5.46. The van der Waals surface area contributed by atoms with Crippen LogP contribution in [0.15, 0.2) is 0 Å². The van der Waals surface area contributed by atoms with Gasteiger partial charge in [-0.25, -0.2) is 0 Å². The van der Waals surface area contributed by atoms with Crippen molar-refractivity contribution in [3.05, 3.63) is 0 Å². The standard InChI is InChI=1S/C15H31N3/c1-13(2)4-3-8-17-9-7-15(12-17)18-10-5-14(16)6-11-18/h13-15H,3-12,16H2,1-2H3. The van der Waals surface area contributed by atoms with E-state index in [1.54, 1.807) is 0 Å². The fourth-order valence-electron chi connectivity index (χ4n) is 3.32. The second-order valence-electron chi connectivity index (χ2n) is 6.65. The van der Waals surface area contributed by atoms with E-state index >= 15 is 0 Å². The minimum absolute atomic E-state index is 0.463. The van der Waals surface area contributed by atoms with Gasteiger partial charge in [0.2, 0.25) is 0 Å². The molecule has 0 bridgehead atoms. The Morgan fingerprint density at radius 3 is 2.50 bits per heavy atom. The van der Waals surface area contributed by atoms with Gasteiger partial charge in [-0.1, -0.05) is 13.8 Å². The van der Waals surface area contributed by atoms with Crippen LogP contribution in [0, 0.1) is 5.92 Å². The summed E-state index contributed by atoms with van der Waals surface area (Å²) in [5.74, 6) is 0.854. The number of nitrogens with zero attached hydrogens (tertiary/aromatic N) is 2. The summed E-state index contributed by atoms with van der Waals surface area (Å²) < 4.78 is 0. The number of hydrogen-bond acceptors (Lipinski definition) is 3. The van der Waals surface area contributed by atoms with Gasteiger partial charge in [0.25, 0.3) is 0 Å². The summed E-state index contributed by atoms with van der Waals surface area (Å²) in [5, 5.41) is 0. The van der Waals surface area contributed by atoms with Crippen LogP contribution in [0.5, 0.6) is 0 Å². The first-order chi connectivity index (χ1) is 8.65. The van der Waals surface area contributed by atoms with Crippen molar-refractivity contribution in [3.63, 3.8) is 0 Å². The van der Waals surface area contributed by atoms with Crippen LogP contribution in [0.4, 0.5) is 0 Å². The SMILES string of the molecule is CC(C)CCCN1CCC(N2CCC(N)CC2)C1. The fourth-order valence-corrected chi connectivity index (χ4v) is 3.32. The normalized spacial score (nSPS) is 28.3. The molecule has 0 aromatic rings. The Morgan fingerprint density at radius 2 is 1.83 bits per heavy atom. The molecule has 1 unspecified atom stereocenters. The molecule has 2 rings (SSSR count). The lowest BCUT2D eigenvalue weighted by Crippen LogP contribution is -2.46. The molecule has 3 heteroatoms. The smallest absolute Gasteiger partial charge is 0.0235 e. The highest BCUT2D eigenvalue weighted by Crippen LogP contribution is 2.20. The lowest BCUT2D eigenvalue weighted by molar-refractivity contribution is 0.152. The van der Waals surface area contributed by atoms with E-state index < -0.39 is 0 Å². The van der Waals surface area contributed by atoms with Crippen LogP contribution in [0.2, 0.25) is 0 Å². The van der Waals surface area contributed by atoms with Gasteiger partial charge in [0.15, 0.2) is 0 Å². The minimum atomic E-state index is 0.463. The quantitative estimate of drug-likeness (QED) is 0.812. The number of nitrogens with two attached hydrogens (primary N) is 1. The van der Waals surface area contributed by atoms with Crippen molar-refractivity contribution in [2.24, 2.45) is 11.7 Å². The maximum Gasteiger partial charge on any atom is 0.0235 e. The van der Waals surface area contributed by atoms with Gasteiger partial charge in [-0.15, -0.1) is 0 Å². The Bertz CT molecular complexity index is 234. The molecule has 2 N–H and O–H groups in total. The number of piperidine rings is 1. The van der Waals surface area contributed by atoms with Gasteiger partial charge in [0, 0.05) is 18.6 Å². The molecule has 0 aromatic carbocycles. The first-order valence-electron chi connectivity index (χ1n) is 7.87. The van der Waals surface area contributed by atoms with Crippen molar-refractivity contribution in [2.75, 3.05) is 32.7 Å². The van der Waals surface area contributed by atoms with Crippen molar-refractivity contribution in [2.45, 2.75) is 58.0 Å². The molecule has 2 aliphatic rings. The Labute approximate surface area is 113 Å². The lowest BCUT2D eigenvalue weighted by Gasteiger charge is -2.34. The van der Waals surface area contributed by atoms with Crippen LogP contribution in [-0.4, -0.2) is 54.6 Å². The highest BCUT2D eigenvalue weighted by atomic mass is 15.3. The zero-order valence-corrected chi connectivity index (χ0v) is 12.3. The van der Waals surface area contributed by atoms with Crippen LogP contribution >= 0.6 is 0 Å². The van der Waals surface area contributed by atoms with Gasteiger partial charge < -0.3 is 10.6 Å². The summed E-state index contributed by atoms with van der Waals surface area (Å²) in [7, 11) is 0. The Balaban J connectivity index is 1.65. The van der Waals surface area contributed by atoms with Gasteiger partial charge in [-0.3, -0.25) is 4.90 Å². The molecule has 0 aliphatic carbocycles. The Morgan fingerprint density at radius 1 is 1.11 bits per heavy atom. The maximum absolute atomic E-state index is 5.98. The van der Waals surface area contributed by atoms with Gasteiger partial charge >= 0.3 is 0 Å². The van der Waals surface area contributed by atoms with Gasteiger partial charge in [0.1, 0.15) is 0 Å². The molecule has 2 aliphatic heterocycles. The molecule has 2 saturated heterocycles. The van der Waals surface area contributed by atoms with Crippen LogP contribution in [0.3, 0.4) is 0 Å². The minimum Gasteiger partial charge on any atom is -0.328 e.